The summed E-state index contributed by atoms with van der Waals surface area (Å²) in [4.78, 5) is 23.3. The van der Waals surface area contributed by atoms with Gasteiger partial charge in [-0.3, -0.25) is 4.79 Å². The molecule has 1 aromatic rings. The van der Waals surface area contributed by atoms with Crippen LogP contribution in [0, 0.1) is 0 Å². The second kappa shape index (κ2) is 7.83. The maximum absolute atomic E-state index is 12.0. The predicted molar refractivity (Wildman–Crippen MR) is 81.3 cm³/mol. The molecular weight excluding hydrogens is 365 g/mol. The van der Waals surface area contributed by atoms with Crippen LogP contribution in [0.2, 0.25) is 0 Å². The third kappa shape index (κ3) is 6.02. The SMILES string of the molecule is C[C@H](OC(=O)c1cccc(S(=O)(=O)N(C)C)c1)C(=O)NCC(F)(F)F. The molecule has 0 aliphatic carbocycles. The molecule has 0 aliphatic heterocycles. The van der Waals surface area contributed by atoms with Gasteiger partial charge in [-0.05, 0) is 25.1 Å². The highest BCUT2D eigenvalue weighted by Gasteiger charge is 2.29. The number of halogens is 3. The molecule has 25 heavy (non-hydrogen) atoms. The van der Waals surface area contributed by atoms with Crippen molar-refractivity contribution in [2.24, 2.45) is 0 Å². The van der Waals surface area contributed by atoms with Crippen LogP contribution in [0.1, 0.15) is 17.3 Å². The molecule has 1 N–H and O–H groups in total. The van der Waals surface area contributed by atoms with Gasteiger partial charge in [0.2, 0.25) is 10.0 Å². The van der Waals surface area contributed by atoms with Gasteiger partial charge in [-0.15, -0.1) is 0 Å². The van der Waals surface area contributed by atoms with Gasteiger partial charge in [0.1, 0.15) is 6.54 Å². The van der Waals surface area contributed by atoms with Gasteiger partial charge in [-0.25, -0.2) is 17.5 Å². The van der Waals surface area contributed by atoms with E-state index in [1.165, 1.54) is 32.3 Å². The van der Waals surface area contributed by atoms with Crippen molar-refractivity contribution < 1.29 is 35.9 Å². The molecule has 0 saturated heterocycles. The van der Waals surface area contributed by atoms with E-state index in [0.29, 0.717) is 0 Å². The number of rotatable bonds is 6. The third-order valence-electron chi connectivity index (χ3n) is 2.96. The number of nitrogens with zero attached hydrogens (tertiary/aromatic N) is 1. The quantitative estimate of drug-likeness (QED) is 0.746. The van der Waals surface area contributed by atoms with Crippen LogP contribution < -0.4 is 5.32 Å². The summed E-state index contributed by atoms with van der Waals surface area (Å²) in [6.07, 6.45) is -6.07. The van der Waals surface area contributed by atoms with Gasteiger partial charge in [0, 0.05) is 14.1 Å². The van der Waals surface area contributed by atoms with E-state index in [-0.39, 0.29) is 10.5 Å². The first-order chi connectivity index (χ1) is 11.3. The lowest BCUT2D eigenvalue weighted by Gasteiger charge is -2.15. The average Bonchev–Trinajstić information content (AvgIpc) is 2.51. The predicted octanol–water partition coefficient (Wildman–Crippen LogP) is 1.16. The largest absolute Gasteiger partial charge is 0.449 e. The number of carbonyl (C=O) groups is 2. The van der Waals surface area contributed by atoms with Crippen LogP contribution in [0.15, 0.2) is 29.2 Å². The van der Waals surface area contributed by atoms with Crippen molar-refractivity contribution in [2.75, 3.05) is 20.6 Å². The standard InChI is InChI=1S/C14H17F3N2O5S/c1-9(12(20)18-8-14(15,16)17)24-13(21)10-5-4-6-11(7-10)25(22,23)19(2)3/h4-7,9H,8H2,1-3H3,(H,18,20)/t9-/m0/s1. The number of benzene rings is 1. The Kier molecular flexibility index (Phi) is 6.54. The van der Waals surface area contributed by atoms with Gasteiger partial charge in [0.25, 0.3) is 5.91 Å². The van der Waals surface area contributed by atoms with Crippen molar-refractivity contribution >= 4 is 21.9 Å². The van der Waals surface area contributed by atoms with Crippen LogP contribution in [-0.2, 0) is 19.6 Å². The number of esters is 1. The van der Waals surface area contributed by atoms with E-state index in [2.05, 4.69) is 0 Å². The highest BCUT2D eigenvalue weighted by atomic mass is 32.2. The first kappa shape index (κ1) is 20.9. The zero-order chi connectivity index (χ0) is 19.4. The lowest BCUT2D eigenvalue weighted by molar-refractivity contribution is -0.143. The van der Waals surface area contributed by atoms with E-state index in [1.807, 2.05) is 0 Å². The van der Waals surface area contributed by atoms with E-state index in [9.17, 15) is 31.2 Å². The minimum absolute atomic E-state index is 0.154. The Bertz CT molecular complexity index is 747. The Labute approximate surface area is 142 Å². The van der Waals surface area contributed by atoms with E-state index in [0.717, 1.165) is 17.3 Å². The molecule has 0 aromatic heterocycles. The molecular formula is C14H17F3N2O5S. The monoisotopic (exact) mass is 382 g/mol. The molecule has 0 heterocycles. The zero-order valence-corrected chi connectivity index (χ0v) is 14.4. The number of sulfonamides is 1. The fraction of sp³-hybridized carbons (Fsp3) is 0.429. The molecule has 0 fully saturated rings. The molecule has 140 valence electrons. The van der Waals surface area contributed by atoms with Crippen LogP contribution in [0.4, 0.5) is 13.2 Å². The number of hydrogen-bond donors (Lipinski definition) is 1. The number of amides is 1. The lowest BCUT2D eigenvalue weighted by Crippen LogP contribution is -2.40. The lowest BCUT2D eigenvalue weighted by atomic mass is 10.2. The minimum atomic E-state index is -4.59. The van der Waals surface area contributed by atoms with Crippen molar-refractivity contribution in [1.82, 2.24) is 9.62 Å². The maximum atomic E-state index is 12.0. The molecule has 11 heteroatoms. The summed E-state index contributed by atoms with van der Waals surface area (Å²) in [5, 5.41) is 1.59. The Morgan fingerprint density at radius 2 is 1.88 bits per heavy atom. The molecule has 1 atom stereocenters. The van der Waals surface area contributed by atoms with Crippen LogP contribution >= 0.6 is 0 Å². The molecule has 1 rings (SSSR count). The van der Waals surface area contributed by atoms with E-state index >= 15 is 0 Å². The zero-order valence-electron chi connectivity index (χ0n) is 13.6. The number of hydrogen-bond acceptors (Lipinski definition) is 5. The summed E-state index contributed by atoms with van der Waals surface area (Å²) in [6, 6.07) is 4.89. The number of ether oxygens (including phenoxy) is 1. The molecule has 0 saturated carbocycles. The topological polar surface area (TPSA) is 92.8 Å². The molecule has 0 bridgehead atoms. The number of carbonyl (C=O) groups excluding carboxylic acids is 2. The average molecular weight is 382 g/mol. The van der Waals surface area contributed by atoms with Gasteiger partial charge >= 0.3 is 12.1 Å². The second-order valence-corrected chi connectivity index (χ2v) is 7.35. The Balaban J connectivity index is 2.83. The summed E-state index contributed by atoms with van der Waals surface area (Å²) < 4.78 is 65.9. The Morgan fingerprint density at radius 3 is 2.40 bits per heavy atom. The Morgan fingerprint density at radius 1 is 1.28 bits per heavy atom. The molecule has 1 amide bonds. The minimum Gasteiger partial charge on any atom is -0.449 e. The van der Waals surface area contributed by atoms with Crippen molar-refractivity contribution in [3.8, 4) is 0 Å². The van der Waals surface area contributed by atoms with Gasteiger partial charge in [-0.1, -0.05) is 6.07 Å². The smallest absolute Gasteiger partial charge is 0.405 e. The molecule has 0 aliphatic rings. The van der Waals surface area contributed by atoms with E-state index in [4.69, 9.17) is 4.74 Å². The summed E-state index contributed by atoms with van der Waals surface area (Å²) in [7, 11) is -1.16. The van der Waals surface area contributed by atoms with E-state index < -0.39 is 40.7 Å². The first-order valence-corrected chi connectivity index (χ1v) is 8.36. The van der Waals surface area contributed by atoms with Crippen molar-refractivity contribution in [1.29, 1.82) is 0 Å². The third-order valence-corrected chi connectivity index (χ3v) is 4.78. The fourth-order valence-electron chi connectivity index (χ4n) is 1.61. The maximum Gasteiger partial charge on any atom is 0.405 e. The van der Waals surface area contributed by atoms with Crippen molar-refractivity contribution in [2.45, 2.75) is 24.1 Å². The van der Waals surface area contributed by atoms with Crippen molar-refractivity contribution in [3.63, 3.8) is 0 Å². The summed E-state index contributed by atoms with van der Waals surface area (Å²) in [5.74, 6) is -2.16. The van der Waals surface area contributed by atoms with Gasteiger partial charge in [0.05, 0.1) is 10.5 Å². The molecule has 7 nitrogen and oxygen atoms in total. The molecule has 0 radical (unpaired) electrons. The second-order valence-electron chi connectivity index (χ2n) is 5.20. The van der Waals surface area contributed by atoms with Crippen LogP contribution in [-0.4, -0.2) is 57.5 Å². The van der Waals surface area contributed by atoms with Gasteiger partial charge in [0.15, 0.2) is 6.10 Å². The molecule has 0 spiro atoms. The highest BCUT2D eigenvalue weighted by molar-refractivity contribution is 7.89. The Hall–Kier alpha value is -2.14. The summed E-state index contributed by atoms with van der Waals surface area (Å²) >= 11 is 0. The van der Waals surface area contributed by atoms with Gasteiger partial charge in [-0.2, -0.15) is 13.2 Å². The number of nitrogens with one attached hydrogen (secondary N) is 1. The number of alkyl halides is 3. The van der Waals surface area contributed by atoms with E-state index in [1.54, 1.807) is 5.32 Å². The van der Waals surface area contributed by atoms with Crippen LogP contribution in [0.5, 0.6) is 0 Å². The normalized spacial score (nSPS) is 13.4. The first-order valence-electron chi connectivity index (χ1n) is 6.92. The molecule has 1 aromatic carbocycles. The van der Waals surface area contributed by atoms with Crippen LogP contribution in [0.25, 0.3) is 0 Å². The van der Waals surface area contributed by atoms with Crippen LogP contribution in [0.3, 0.4) is 0 Å². The molecule has 0 unspecified atom stereocenters. The fourth-order valence-corrected chi connectivity index (χ4v) is 2.56. The summed E-state index contributed by atoms with van der Waals surface area (Å²) in [6.45, 7) is -0.450. The highest BCUT2D eigenvalue weighted by Crippen LogP contribution is 2.16. The van der Waals surface area contributed by atoms with Crippen molar-refractivity contribution in [3.05, 3.63) is 29.8 Å². The van der Waals surface area contributed by atoms with Gasteiger partial charge < -0.3 is 10.1 Å². The summed E-state index contributed by atoms with van der Waals surface area (Å²) in [5.41, 5.74) is -0.154.